The van der Waals surface area contributed by atoms with Crippen LogP contribution < -0.4 is 15.5 Å². The molecule has 0 fully saturated rings. The van der Waals surface area contributed by atoms with E-state index in [0.29, 0.717) is 6.54 Å². The topological polar surface area (TPSA) is 32.5 Å². The minimum absolute atomic E-state index is 0.703. The van der Waals surface area contributed by atoms with Gasteiger partial charge in [0.1, 0.15) is 0 Å². The summed E-state index contributed by atoms with van der Waals surface area (Å²) in [5, 5.41) is 0. The van der Waals surface area contributed by atoms with Crippen LogP contribution in [0.15, 0.2) is 16.6 Å². The molecule has 1 aromatic carbocycles. The summed E-state index contributed by atoms with van der Waals surface area (Å²) in [5.74, 6) is 0. The SMILES string of the molecule is Cc1cc(Br)c2c(c1)N(CCN)CCCN2C. The maximum absolute atomic E-state index is 5.71. The van der Waals surface area contributed by atoms with Crippen LogP contribution in [0.5, 0.6) is 0 Å². The second kappa shape index (κ2) is 5.27. The van der Waals surface area contributed by atoms with Crippen LogP contribution in [0.4, 0.5) is 11.4 Å². The Bertz CT molecular complexity index is 406. The minimum Gasteiger partial charge on any atom is -0.372 e. The zero-order chi connectivity index (χ0) is 12.4. The van der Waals surface area contributed by atoms with Gasteiger partial charge in [0.2, 0.25) is 0 Å². The van der Waals surface area contributed by atoms with Gasteiger partial charge >= 0.3 is 0 Å². The highest BCUT2D eigenvalue weighted by Crippen LogP contribution is 2.38. The van der Waals surface area contributed by atoms with E-state index in [1.54, 1.807) is 0 Å². The highest BCUT2D eigenvalue weighted by Gasteiger charge is 2.20. The molecule has 0 spiro atoms. The van der Waals surface area contributed by atoms with Crippen LogP contribution in [0.2, 0.25) is 0 Å². The maximum Gasteiger partial charge on any atom is 0.0746 e. The first-order valence-electron chi connectivity index (χ1n) is 6.10. The molecule has 2 N–H and O–H groups in total. The number of aryl methyl sites for hydroxylation is 1. The van der Waals surface area contributed by atoms with Crippen molar-refractivity contribution >= 4 is 27.3 Å². The van der Waals surface area contributed by atoms with Gasteiger partial charge in [-0.25, -0.2) is 0 Å². The lowest BCUT2D eigenvalue weighted by Gasteiger charge is -2.27. The van der Waals surface area contributed by atoms with Crippen LogP contribution >= 0.6 is 15.9 Å². The highest BCUT2D eigenvalue weighted by molar-refractivity contribution is 9.10. The van der Waals surface area contributed by atoms with Gasteiger partial charge in [0.25, 0.3) is 0 Å². The average Bonchev–Trinajstić information content (AvgIpc) is 2.40. The zero-order valence-corrected chi connectivity index (χ0v) is 12.1. The molecule has 1 aliphatic heterocycles. The first-order valence-corrected chi connectivity index (χ1v) is 6.89. The van der Waals surface area contributed by atoms with Crippen molar-refractivity contribution in [2.45, 2.75) is 13.3 Å². The van der Waals surface area contributed by atoms with Gasteiger partial charge in [0, 0.05) is 37.7 Å². The van der Waals surface area contributed by atoms with Crippen molar-refractivity contribution in [3.63, 3.8) is 0 Å². The van der Waals surface area contributed by atoms with E-state index in [-0.39, 0.29) is 0 Å². The summed E-state index contributed by atoms with van der Waals surface area (Å²) in [6.45, 7) is 5.95. The van der Waals surface area contributed by atoms with Gasteiger partial charge in [0.15, 0.2) is 0 Å². The second-order valence-corrected chi connectivity index (χ2v) is 5.52. The van der Waals surface area contributed by atoms with Crippen molar-refractivity contribution in [3.8, 4) is 0 Å². The number of anilines is 2. The molecule has 1 aromatic rings. The van der Waals surface area contributed by atoms with E-state index in [4.69, 9.17) is 5.73 Å². The monoisotopic (exact) mass is 297 g/mol. The van der Waals surface area contributed by atoms with Crippen LogP contribution in [-0.2, 0) is 0 Å². The van der Waals surface area contributed by atoms with E-state index in [0.717, 1.165) is 19.6 Å². The molecular formula is C13H20BrN3. The van der Waals surface area contributed by atoms with Crippen molar-refractivity contribution in [3.05, 3.63) is 22.2 Å². The van der Waals surface area contributed by atoms with Crippen LogP contribution in [0.25, 0.3) is 0 Å². The van der Waals surface area contributed by atoms with Gasteiger partial charge in [-0.05, 0) is 47.0 Å². The fourth-order valence-corrected chi connectivity index (χ4v) is 3.32. The molecule has 0 aromatic heterocycles. The Balaban J connectivity index is 2.50. The molecule has 0 bridgehead atoms. The number of nitrogens with two attached hydrogens (primary N) is 1. The Kier molecular flexibility index (Phi) is 3.94. The first-order chi connectivity index (χ1) is 8.13. The Morgan fingerprint density at radius 3 is 2.82 bits per heavy atom. The molecule has 0 saturated heterocycles. The molecule has 4 heteroatoms. The van der Waals surface area contributed by atoms with Gasteiger partial charge in [-0.2, -0.15) is 0 Å². The van der Waals surface area contributed by atoms with E-state index < -0.39 is 0 Å². The lowest BCUT2D eigenvalue weighted by atomic mass is 10.1. The smallest absolute Gasteiger partial charge is 0.0746 e. The molecule has 17 heavy (non-hydrogen) atoms. The van der Waals surface area contributed by atoms with Crippen LogP contribution in [-0.4, -0.2) is 33.2 Å². The summed E-state index contributed by atoms with van der Waals surface area (Å²) in [6.07, 6.45) is 1.18. The number of nitrogens with zero attached hydrogens (tertiary/aromatic N) is 2. The number of fused-ring (bicyclic) bond motifs is 1. The lowest BCUT2D eigenvalue weighted by Crippen LogP contribution is -2.30. The molecule has 0 saturated carbocycles. The first kappa shape index (κ1) is 12.7. The fraction of sp³-hybridized carbons (Fsp3) is 0.538. The summed E-state index contributed by atoms with van der Waals surface area (Å²) < 4.78 is 1.18. The predicted octanol–water partition coefficient (Wildman–Crippen LogP) is 2.36. The highest BCUT2D eigenvalue weighted by atomic mass is 79.9. The number of benzene rings is 1. The van der Waals surface area contributed by atoms with Crippen LogP contribution in [0.1, 0.15) is 12.0 Å². The summed E-state index contributed by atoms with van der Waals surface area (Å²) in [6, 6.07) is 4.44. The normalized spacial score (nSPS) is 15.8. The average molecular weight is 298 g/mol. The molecule has 3 nitrogen and oxygen atoms in total. The maximum atomic E-state index is 5.71. The van der Waals surface area contributed by atoms with E-state index in [9.17, 15) is 0 Å². The number of hydrogen-bond donors (Lipinski definition) is 1. The van der Waals surface area contributed by atoms with Crippen molar-refractivity contribution in [1.29, 1.82) is 0 Å². The standard InChI is InChI=1S/C13H20BrN3/c1-10-8-11(14)13-12(9-10)17(7-4-15)6-3-5-16(13)2/h8-9H,3-7,15H2,1-2H3. The molecular weight excluding hydrogens is 278 g/mol. The number of hydrogen-bond acceptors (Lipinski definition) is 3. The molecule has 1 aliphatic rings. The molecule has 0 amide bonds. The van der Waals surface area contributed by atoms with Crippen molar-refractivity contribution in [1.82, 2.24) is 0 Å². The number of rotatable bonds is 2. The summed E-state index contributed by atoms with van der Waals surface area (Å²) in [4.78, 5) is 4.73. The predicted molar refractivity (Wildman–Crippen MR) is 78.0 cm³/mol. The Labute approximate surface area is 112 Å². The third-order valence-electron chi connectivity index (χ3n) is 3.23. The lowest BCUT2D eigenvalue weighted by molar-refractivity contribution is 0.741. The quantitative estimate of drug-likeness (QED) is 0.910. The molecule has 0 unspecified atom stereocenters. The molecule has 0 radical (unpaired) electrons. The Morgan fingerprint density at radius 2 is 2.12 bits per heavy atom. The van der Waals surface area contributed by atoms with Crippen molar-refractivity contribution in [2.24, 2.45) is 5.73 Å². The summed E-state index contributed by atoms with van der Waals surface area (Å²) >= 11 is 3.69. The van der Waals surface area contributed by atoms with Crippen molar-refractivity contribution in [2.75, 3.05) is 43.0 Å². The van der Waals surface area contributed by atoms with Crippen LogP contribution in [0, 0.1) is 6.92 Å². The molecule has 0 aliphatic carbocycles. The molecule has 94 valence electrons. The fourth-order valence-electron chi connectivity index (χ4n) is 2.45. The molecule has 1 heterocycles. The van der Waals surface area contributed by atoms with Gasteiger partial charge in [-0.15, -0.1) is 0 Å². The molecule has 2 rings (SSSR count). The van der Waals surface area contributed by atoms with E-state index in [1.165, 1.54) is 27.8 Å². The van der Waals surface area contributed by atoms with E-state index in [2.05, 4.69) is 51.8 Å². The van der Waals surface area contributed by atoms with Crippen LogP contribution in [0.3, 0.4) is 0 Å². The third kappa shape index (κ3) is 2.58. The van der Waals surface area contributed by atoms with E-state index in [1.807, 2.05) is 0 Å². The van der Waals surface area contributed by atoms with Gasteiger partial charge in [0.05, 0.1) is 11.4 Å². The minimum atomic E-state index is 0.703. The van der Waals surface area contributed by atoms with E-state index >= 15 is 0 Å². The largest absolute Gasteiger partial charge is 0.372 e. The zero-order valence-electron chi connectivity index (χ0n) is 10.5. The third-order valence-corrected chi connectivity index (χ3v) is 3.84. The Morgan fingerprint density at radius 1 is 1.35 bits per heavy atom. The van der Waals surface area contributed by atoms with Gasteiger partial charge in [-0.3, -0.25) is 0 Å². The molecule has 0 atom stereocenters. The summed E-state index contributed by atoms with van der Waals surface area (Å²) in [7, 11) is 2.16. The van der Waals surface area contributed by atoms with Gasteiger partial charge < -0.3 is 15.5 Å². The number of halogens is 1. The van der Waals surface area contributed by atoms with Crippen molar-refractivity contribution < 1.29 is 0 Å². The second-order valence-electron chi connectivity index (χ2n) is 4.67. The summed E-state index contributed by atoms with van der Waals surface area (Å²) in [5.41, 5.74) is 9.60. The Hall–Kier alpha value is -0.740. The van der Waals surface area contributed by atoms with Gasteiger partial charge in [-0.1, -0.05) is 0 Å².